The van der Waals surface area contributed by atoms with Crippen molar-refractivity contribution in [2.75, 3.05) is 5.32 Å². The summed E-state index contributed by atoms with van der Waals surface area (Å²) >= 11 is 0. The molecule has 0 saturated heterocycles. The van der Waals surface area contributed by atoms with Gasteiger partial charge in [-0.05, 0) is 46.5 Å². The van der Waals surface area contributed by atoms with Crippen molar-refractivity contribution in [2.24, 2.45) is 0 Å². The van der Waals surface area contributed by atoms with Crippen LogP contribution in [0.5, 0.6) is 5.75 Å². The Hall–Kier alpha value is -4.22. The normalized spacial score (nSPS) is 13.1. The van der Waals surface area contributed by atoms with Gasteiger partial charge in [-0.25, -0.2) is 0 Å². The van der Waals surface area contributed by atoms with Crippen molar-refractivity contribution in [3.05, 3.63) is 134 Å². The average molecular weight is 449 g/mol. The number of aromatic hydroxyl groups is 1. The highest BCUT2D eigenvalue weighted by Crippen LogP contribution is 2.31. The van der Waals surface area contributed by atoms with Gasteiger partial charge in [0.25, 0.3) is 10.9 Å². The van der Waals surface area contributed by atoms with Gasteiger partial charge in [-0.1, -0.05) is 84.9 Å². The van der Waals surface area contributed by atoms with Crippen LogP contribution in [0.25, 0.3) is 10.8 Å². The molecule has 0 aliphatic carbocycles. The van der Waals surface area contributed by atoms with E-state index in [9.17, 15) is 14.7 Å². The summed E-state index contributed by atoms with van der Waals surface area (Å²) in [6.45, 7) is 2.15. The summed E-state index contributed by atoms with van der Waals surface area (Å²) in [7, 11) is 0. The van der Waals surface area contributed by atoms with E-state index in [0.29, 0.717) is 5.69 Å². The van der Waals surface area contributed by atoms with Crippen LogP contribution in [0.4, 0.5) is 11.4 Å². The van der Waals surface area contributed by atoms with Gasteiger partial charge < -0.3 is 10.4 Å². The predicted octanol–water partition coefficient (Wildman–Crippen LogP) is 5.33. The Labute approximate surface area is 197 Å². The molecular formula is C29H24N2O3. The molecule has 5 heteroatoms. The first-order valence-electron chi connectivity index (χ1n) is 11.2. The maximum atomic E-state index is 11.8. The molecule has 0 bridgehead atoms. The fourth-order valence-corrected chi connectivity index (χ4v) is 4.43. The molecule has 3 N–H and O–H groups in total. The summed E-state index contributed by atoms with van der Waals surface area (Å²) < 4.78 is 0. The molecule has 1 unspecified atom stereocenters. The van der Waals surface area contributed by atoms with Crippen LogP contribution in [0.2, 0.25) is 0 Å². The molecule has 0 heterocycles. The molecule has 5 aromatic carbocycles. The maximum Gasteiger partial charge on any atom is 0.271 e. The Kier molecular flexibility index (Phi) is 5.70. The van der Waals surface area contributed by atoms with Crippen molar-refractivity contribution in [3.8, 4) is 5.75 Å². The fourth-order valence-electron chi connectivity index (χ4n) is 4.43. The van der Waals surface area contributed by atoms with Crippen molar-refractivity contribution in [2.45, 2.75) is 19.0 Å². The zero-order valence-corrected chi connectivity index (χ0v) is 18.7. The van der Waals surface area contributed by atoms with E-state index < -0.39 is 16.6 Å². The van der Waals surface area contributed by atoms with Crippen LogP contribution in [0.15, 0.2) is 107 Å². The largest absolute Gasteiger partial charge is 0.502 e. The van der Waals surface area contributed by atoms with Crippen molar-refractivity contribution in [1.29, 1.82) is 0 Å². The summed E-state index contributed by atoms with van der Waals surface area (Å²) in [4.78, 5) is 23.1. The van der Waals surface area contributed by atoms with E-state index in [-0.39, 0.29) is 17.8 Å². The van der Waals surface area contributed by atoms with Crippen LogP contribution >= 0.6 is 0 Å². The van der Waals surface area contributed by atoms with Gasteiger partial charge in [0.05, 0.1) is 6.04 Å². The number of hydrogen-bond acceptors (Lipinski definition) is 5. The number of hydrogen-bond donors (Lipinski definition) is 3. The highest BCUT2D eigenvalue weighted by atomic mass is 16.3. The summed E-state index contributed by atoms with van der Waals surface area (Å²) in [6, 6.07) is 32.4. The number of nitrogens with one attached hydrogen (secondary N) is 2. The maximum absolute atomic E-state index is 11.8. The van der Waals surface area contributed by atoms with Crippen molar-refractivity contribution in [1.82, 2.24) is 5.32 Å². The van der Waals surface area contributed by atoms with E-state index in [1.54, 1.807) is 6.07 Å². The first kappa shape index (κ1) is 21.6. The topological polar surface area (TPSA) is 78.4 Å². The van der Waals surface area contributed by atoms with Crippen LogP contribution in [0, 0.1) is 0 Å². The van der Waals surface area contributed by atoms with Crippen molar-refractivity contribution in [3.63, 3.8) is 0 Å². The Morgan fingerprint density at radius 2 is 1.41 bits per heavy atom. The summed E-state index contributed by atoms with van der Waals surface area (Å²) in [5.41, 5.74) is 2.31. The zero-order valence-electron chi connectivity index (χ0n) is 18.7. The summed E-state index contributed by atoms with van der Waals surface area (Å²) in [6.07, 6.45) is 0. The van der Waals surface area contributed by atoms with E-state index in [1.807, 2.05) is 42.5 Å². The van der Waals surface area contributed by atoms with Crippen molar-refractivity contribution < 1.29 is 5.11 Å². The molecule has 5 nitrogen and oxygen atoms in total. The van der Waals surface area contributed by atoms with Crippen molar-refractivity contribution >= 4 is 22.1 Å². The first-order chi connectivity index (χ1) is 16.5. The van der Waals surface area contributed by atoms with Gasteiger partial charge in [0, 0.05) is 11.7 Å². The molecule has 0 fully saturated rings. The molecule has 0 amide bonds. The minimum absolute atomic E-state index is 0.0468. The Balaban J connectivity index is 1.50. The van der Waals surface area contributed by atoms with E-state index >= 15 is 0 Å². The first-order valence-corrected chi connectivity index (χ1v) is 11.2. The van der Waals surface area contributed by atoms with E-state index in [1.165, 1.54) is 16.3 Å². The average Bonchev–Trinajstić information content (AvgIpc) is 2.90. The van der Waals surface area contributed by atoms with Crippen LogP contribution in [-0.2, 0) is 0 Å². The second-order valence-electron chi connectivity index (χ2n) is 8.43. The molecule has 34 heavy (non-hydrogen) atoms. The lowest BCUT2D eigenvalue weighted by molar-refractivity contribution is 0.466. The van der Waals surface area contributed by atoms with Gasteiger partial charge in [-0.15, -0.1) is 0 Å². The number of rotatable bonds is 7. The molecule has 0 radical (unpaired) electrons. The van der Waals surface area contributed by atoms with Gasteiger partial charge in [-0.3, -0.25) is 14.9 Å². The zero-order chi connectivity index (χ0) is 23.7. The molecule has 5 rings (SSSR count). The summed E-state index contributed by atoms with van der Waals surface area (Å²) in [5, 5.41) is 18.8. The molecule has 0 aromatic heterocycles. The minimum Gasteiger partial charge on any atom is -0.502 e. The van der Waals surface area contributed by atoms with E-state index in [4.69, 9.17) is 0 Å². The molecule has 0 spiro atoms. The standard InChI is InChI=1S/C29H24N2O3/c1-18(23-16-8-12-19-9-5-6-15-24(19)23)30-25(20-10-3-2-4-11-20)21-13-7-14-22(17-21)31-26-27(32)29(34)28(26)33/h2-18,25,30-32H,1H3/t18-,25?/m1/s1. The highest BCUT2D eigenvalue weighted by Gasteiger charge is 2.22. The lowest BCUT2D eigenvalue weighted by atomic mass is 9.94. The second kappa shape index (κ2) is 8.96. The van der Waals surface area contributed by atoms with Crippen LogP contribution in [0.1, 0.15) is 35.7 Å². The fraction of sp³-hybridized carbons (Fsp3) is 0.103. The molecule has 0 aliphatic heterocycles. The van der Waals surface area contributed by atoms with Crippen LogP contribution < -0.4 is 21.5 Å². The molecular weight excluding hydrogens is 424 g/mol. The van der Waals surface area contributed by atoms with Crippen LogP contribution in [-0.4, -0.2) is 5.11 Å². The molecule has 2 atom stereocenters. The van der Waals surface area contributed by atoms with Gasteiger partial charge in [0.15, 0.2) is 5.75 Å². The van der Waals surface area contributed by atoms with E-state index in [2.05, 4.69) is 66.1 Å². The Morgan fingerprint density at radius 1 is 0.735 bits per heavy atom. The van der Waals surface area contributed by atoms with Gasteiger partial charge in [0.2, 0.25) is 0 Å². The number of anilines is 2. The third-order valence-electron chi connectivity index (χ3n) is 6.21. The van der Waals surface area contributed by atoms with Crippen LogP contribution in [0.3, 0.4) is 0 Å². The Morgan fingerprint density at radius 3 is 2.21 bits per heavy atom. The number of benzene rings is 4. The van der Waals surface area contributed by atoms with Gasteiger partial charge in [0.1, 0.15) is 5.69 Å². The lowest BCUT2D eigenvalue weighted by Crippen LogP contribution is -2.32. The smallest absolute Gasteiger partial charge is 0.271 e. The quantitative estimate of drug-likeness (QED) is 0.294. The number of fused-ring (bicyclic) bond motifs is 1. The lowest BCUT2D eigenvalue weighted by Gasteiger charge is -2.26. The molecule has 5 aromatic rings. The highest BCUT2D eigenvalue weighted by molar-refractivity contribution is 5.86. The minimum atomic E-state index is -0.855. The summed E-state index contributed by atoms with van der Waals surface area (Å²) in [5.74, 6) is -0.516. The molecule has 0 aliphatic rings. The molecule has 0 saturated carbocycles. The third kappa shape index (κ3) is 3.98. The monoisotopic (exact) mass is 448 g/mol. The second-order valence-corrected chi connectivity index (χ2v) is 8.43. The predicted molar refractivity (Wildman–Crippen MR) is 137 cm³/mol. The van der Waals surface area contributed by atoms with Gasteiger partial charge >= 0.3 is 0 Å². The third-order valence-corrected chi connectivity index (χ3v) is 6.21. The van der Waals surface area contributed by atoms with Gasteiger partial charge in [-0.2, -0.15) is 0 Å². The Bertz CT molecular complexity index is 1530. The molecule has 168 valence electrons. The SMILES string of the molecule is C[C@@H](NC(c1ccccc1)c1cccc(Nc2c(O)c(=O)c2=O)c1)c1cccc2ccccc12. The van der Waals surface area contributed by atoms with E-state index in [0.717, 1.165) is 11.1 Å².